The zero-order valence-corrected chi connectivity index (χ0v) is 12.7. The Kier molecular flexibility index (Phi) is 8.18. The Morgan fingerprint density at radius 3 is 2.10 bits per heavy atom. The normalized spacial score (nSPS) is 10.5. The SMILES string of the molecule is CCC(N)(CC)CC.O=C(O)c1cccc(Cl)c1OF. The summed E-state index contributed by atoms with van der Waals surface area (Å²) in [7, 11) is 0. The van der Waals surface area contributed by atoms with Gasteiger partial charge in [0.2, 0.25) is 5.75 Å². The Balaban J connectivity index is 0.000000396. The Morgan fingerprint density at radius 2 is 1.85 bits per heavy atom. The van der Waals surface area contributed by atoms with E-state index in [1.807, 2.05) is 0 Å². The zero-order valence-electron chi connectivity index (χ0n) is 12.0. The van der Waals surface area contributed by atoms with Gasteiger partial charge in [0.25, 0.3) is 0 Å². The van der Waals surface area contributed by atoms with Crippen LogP contribution in [0, 0.1) is 0 Å². The van der Waals surface area contributed by atoms with Gasteiger partial charge in [-0.25, -0.2) is 4.79 Å². The van der Waals surface area contributed by atoms with Gasteiger partial charge in [-0.05, 0) is 31.4 Å². The number of aromatic carboxylic acids is 1. The van der Waals surface area contributed by atoms with E-state index in [2.05, 4.69) is 25.7 Å². The molecule has 0 aromatic heterocycles. The lowest BCUT2D eigenvalue weighted by Crippen LogP contribution is -2.37. The van der Waals surface area contributed by atoms with Crippen molar-refractivity contribution < 1.29 is 19.4 Å². The molecule has 0 unspecified atom stereocenters. The molecule has 0 atom stereocenters. The Labute approximate surface area is 123 Å². The van der Waals surface area contributed by atoms with Gasteiger partial charge in [-0.2, -0.15) is 0 Å². The maximum absolute atomic E-state index is 11.8. The van der Waals surface area contributed by atoms with Crippen molar-refractivity contribution in [1.29, 1.82) is 0 Å². The molecule has 0 aliphatic rings. The van der Waals surface area contributed by atoms with Crippen LogP contribution in [0.25, 0.3) is 0 Å². The van der Waals surface area contributed by atoms with E-state index in [1.54, 1.807) is 0 Å². The van der Waals surface area contributed by atoms with Gasteiger partial charge < -0.3 is 10.8 Å². The van der Waals surface area contributed by atoms with Gasteiger partial charge in [-0.15, -0.1) is 0 Å². The zero-order chi connectivity index (χ0) is 15.8. The number of halogens is 2. The first kappa shape index (κ1) is 18.7. The molecule has 0 saturated carbocycles. The summed E-state index contributed by atoms with van der Waals surface area (Å²) >= 11 is 5.45. The predicted octanol–water partition coefficient (Wildman–Crippen LogP) is 4.22. The molecular formula is C14H21ClFNO3. The van der Waals surface area contributed by atoms with Crippen LogP contribution in [-0.2, 0) is 0 Å². The van der Waals surface area contributed by atoms with E-state index in [4.69, 9.17) is 22.4 Å². The molecule has 0 aliphatic carbocycles. The summed E-state index contributed by atoms with van der Waals surface area (Å²) < 4.78 is 11.8. The highest BCUT2D eigenvalue weighted by molar-refractivity contribution is 6.32. The minimum absolute atomic E-state index is 0.0719. The van der Waals surface area contributed by atoms with Gasteiger partial charge in [-0.1, -0.05) is 38.4 Å². The highest BCUT2D eigenvalue weighted by Crippen LogP contribution is 2.28. The number of nitrogens with two attached hydrogens (primary N) is 1. The van der Waals surface area contributed by atoms with E-state index in [1.165, 1.54) is 18.2 Å². The third kappa shape index (κ3) is 5.35. The minimum Gasteiger partial charge on any atom is -0.478 e. The average molecular weight is 306 g/mol. The molecule has 0 amide bonds. The van der Waals surface area contributed by atoms with Gasteiger partial charge in [0.1, 0.15) is 5.56 Å². The van der Waals surface area contributed by atoms with E-state index < -0.39 is 11.7 Å². The van der Waals surface area contributed by atoms with Crippen LogP contribution in [0.5, 0.6) is 5.75 Å². The largest absolute Gasteiger partial charge is 0.478 e. The molecule has 20 heavy (non-hydrogen) atoms. The minimum atomic E-state index is -1.29. The van der Waals surface area contributed by atoms with Gasteiger partial charge in [0.15, 0.2) is 0 Å². The maximum atomic E-state index is 11.8. The molecule has 0 fully saturated rings. The number of carbonyl (C=O) groups is 1. The molecule has 114 valence electrons. The molecule has 0 aliphatic heterocycles. The first-order valence-electron chi connectivity index (χ1n) is 6.44. The fourth-order valence-corrected chi connectivity index (χ4v) is 1.71. The van der Waals surface area contributed by atoms with Crippen LogP contribution < -0.4 is 10.7 Å². The molecule has 0 spiro atoms. The maximum Gasteiger partial charge on any atom is 0.339 e. The van der Waals surface area contributed by atoms with Crippen molar-refractivity contribution in [2.75, 3.05) is 0 Å². The number of hydrogen-bond acceptors (Lipinski definition) is 3. The highest BCUT2D eigenvalue weighted by Gasteiger charge is 2.16. The van der Waals surface area contributed by atoms with Crippen LogP contribution in [-0.4, -0.2) is 16.6 Å². The third-order valence-corrected chi connectivity index (χ3v) is 3.68. The summed E-state index contributed by atoms with van der Waals surface area (Å²) in [6.07, 6.45) is 3.29. The van der Waals surface area contributed by atoms with E-state index >= 15 is 0 Å². The summed E-state index contributed by atoms with van der Waals surface area (Å²) in [5, 5.41) is 8.44. The first-order valence-corrected chi connectivity index (χ1v) is 6.82. The molecule has 0 heterocycles. The van der Waals surface area contributed by atoms with Crippen molar-refractivity contribution in [2.45, 2.75) is 45.6 Å². The monoisotopic (exact) mass is 305 g/mol. The Bertz CT molecular complexity index is 428. The van der Waals surface area contributed by atoms with Crippen molar-refractivity contribution in [3.05, 3.63) is 28.8 Å². The summed E-state index contributed by atoms with van der Waals surface area (Å²) in [5.74, 6) is -1.75. The molecule has 1 aromatic carbocycles. The van der Waals surface area contributed by atoms with Gasteiger partial charge in [-0.3, -0.25) is 4.94 Å². The topological polar surface area (TPSA) is 72.6 Å². The number of para-hydroxylation sites is 1. The van der Waals surface area contributed by atoms with Crippen molar-refractivity contribution in [3.63, 3.8) is 0 Å². The molecular weight excluding hydrogens is 285 g/mol. The highest BCUT2D eigenvalue weighted by atomic mass is 35.5. The summed E-state index contributed by atoms with van der Waals surface area (Å²) in [6.45, 7) is 6.44. The molecule has 0 radical (unpaired) electrons. The van der Waals surface area contributed by atoms with Crippen LogP contribution in [0.2, 0.25) is 5.02 Å². The lowest BCUT2D eigenvalue weighted by Gasteiger charge is -2.23. The Morgan fingerprint density at radius 1 is 1.35 bits per heavy atom. The summed E-state index contributed by atoms with van der Waals surface area (Å²) in [4.78, 5) is 13.8. The Hall–Kier alpha value is -1.33. The first-order chi connectivity index (χ1) is 9.35. The number of carboxylic acid groups (broad SMARTS) is 1. The van der Waals surface area contributed by atoms with Gasteiger partial charge in [0, 0.05) is 10.1 Å². The smallest absolute Gasteiger partial charge is 0.339 e. The fraction of sp³-hybridized carbons (Fsp3) is 0.500. The third-order valence-electron chi connectivity index (χ3n) is 3.39. The van der Waals surface area contributed by atoms with Crippen molar-refractivity contribution >= 4 is 17.6 Å². The van der Waals surface area contributed by atoms with Gasteiger partial charge in [0.05, 0.1) is 5.02 Å². The molecule has 0 bridgehead atoms. The van der Waals surface area contributed by atoms with Crippen LogP contribution in [0.1, 0.15) is 50.4 Å². The van der Waals surface area contributed by atoms with Crippen LogP contribution in [0.3, 0.4) is 0 Å². The van der Waals surface area contributed by atoms with E-state index in [0.717, 1.165) is 19.3 Å². The van der Waals surface area contributed by atoms with E-state index in [0.29, 0.717) is 0 Å². The second kappa shape index (κ2) is 8.76. The summed E-state index contributed by atoms with van der Waals surface area (Å²) in [5.41, 5.74) is 5.72. The van der Waals surface area contributed by atoms with Crippen molar-refractivity contribution in [2.24, 2.45) is 5.73 Å². The number of benzene rings is 1. The molecule has 4 nitrogen and oxygen atoms in total. The van der Waals surface area contributed by atoms with Gasteiger partial charge >= 0.3 is 5.97 Å². The van der Waals surface area contributed by atoms with Crippen LogP contribution in [0.15, 0.2) is 18.2 Å². The molecule has 1 aromatic rings. The summed E-state index contributed by atoms with van der Waals surface area (Å²) in [6, 6.07) is 3.93. The standard InChI is InChI=1S/C7H4ClFO3.C7H17N/c8-5-3-1-2-4(7(10)11)6(5)12-9;1-4-7(8,5-2)6-3/h1-3H,(H,10,11);4-6,8H2,1-3H3. The fourth-order valence-electron chi connectivity index (χ4n) is 1.51. The lowest BCUT2D eigenvalue weighted by atomic mass is 9.92. The van der Waals surface area contributed by atoms with Crippen LogP contribution in [0.4, 0.5) is 4.53 Å². The number of hydrogen-bond donors (Lipinski definition) is 2. The lowest BCUT2D eigenvalue weighted by molar-refractivity contribution is -0.00768. The number of carboxylic acids is 1. The quantitative estimate of drug-likeness (QED) is 0.854. The van der Waals surface area contributed by atoms with Crippen LogP contribution >= 0.6 is 11.6 Å². The van der Waals surface area contributed by atoms with Crippen molar-refractivity contribution in [1.82, 2.24) is 0 Å². The molecule has 0 saturated heterocycles. The van der Waals surface area contributed by atoms with Crippen molar-refractivity contribution in [3.8, 4) is 5.75 Å². The second-order valence-corrected chi connectivity index (χ2v) is 4.83. The predicted molar refractivity (Wildman–Crippen MR) is 77.9 cm³/mol. The van der Waals surface area contributed by atoms with E-state index in [-0.39, 0.29) is 16.1 Å². The molecule has 6 heteroatoms. The second-order valence-electron chi connectivity index (χ2n) is 4.42. The average Bonchev–Trinajstić information content (AvgIpc) is 2.46. The number of rotatable bonds is 5. The molecule has 3 N–H and O–H groups in total. The van der Waals surface area contributed by atoms with E-state index in [9.17, 15) is 9.32 Å². The molecule has 1 rings (SSSR count).